The van der Waals surface area contributed by atoms with Crippen molar-refractivity contribution in [2.45, 2.75) is 250 Å². The number of hydrogen-bond acceptors (Lipinski definition) is 14. The highest BCUT2D eigenvalue weighted by molar-refractivity contribution is 8.00. The van der Waals surface area contributed by atoms with Gasteiger partial charge in [0.2, 0.25) is 17.7 Å². The van der Waals surface area contributed by atoms with Gasteiger partial charge in [-0.15, -0.1) is 0 Å². The van der Waals surface area contributed by atoms with E-state index < -0.39 is 62.6 Å². The summed E-state index contributed by atoms with van der Waals surface area (Å²) in [6.45, 7) is 5.80. The molecule has 0 aromatic rings. The van der Waals surface area contributed by atoms with Gasteiger partial charge in [0.15, 0.2) is 6.10 Å². The van der Waals surface area contributed by atoms with Gasteiger partial charge in [-0.1, -0.05) is 200 Å². The van der Waals surface area contributed by atoms with Crippen molar-refractivity contribution in [2.75, 3.05) is 45.7 Å². The average molecular weight is 1080 g/mol. The topological polar surface area (TPSA) is 222 Å². The normalized spacial score (nSPS) is 15.1. The van der Waals surface area contributed by atoms with Crippen LogP contribution in [0.2, 0.25) is 0 Å². The molecule has 0 aliphatic carbocycles. The van der Waals surface area contributed by atoms with E-state index in [1.165, 1.54) is 153 Å². The molecule has 3 unspecified atom stereocenters. The van der Waals surface area contributed by atoms with Crippen LogP contribution in [0.1, 0.15) is 232 Å². The Hall–Kier alpha value is -3.18. The summed E-state index contributed by atoms with van der Waals surface area (Å²) in [5, 5.41) is 4.38. The number of thioether (sulfide) groups is 1. The molecule has 17 nitrogen and oxygen atoms in total. The van der Waals surface area contributed by atoms with Crippen LogP contribution in [0, 0.1) is 0 Å². The molecule has 1 heterocycles. The van der Waals surface area contributed by atoms with Gasteiger partial charge in [0.1, 0.15) is 6.61 Å². The number of nitrogens with one attached hydrogen (secondary N) is 2. The number of hydrogen-bond donors (Lipinski definition) is 3. The second-order valence-corrected chi connectivity index (χ2v) is 21.7. The van der Waals surface area contributed by atoms with Gasteiger partial charge in [0, 0.05) is 38.8 Å². The third-order valence-corrected chi connectivity index (χ3v) is 14.7. The van der Waals surface area contributed by atoms with E-state index >= 15 is 0 Å². The van der Waals surface area contributed by atoms with E-state index in [-0.39, 0.29) is 63.7 Å². The largest absolute Gasteiger partial charge is 0.472 e. The molecular formula is C54H98N3O14PS. The second-order valence-electron chi connectivity index (χ2n) is 19.2. The molecule has 0 saturated carbocycles. The Balaban J connectivity index is 2.49. The molecule has 1 fully saturated rings. The second kappa shape index (κ2) is 46.1. The standard InChI is InChI=1S/C54H98N3O14PS/c1-5-8-10-12-14-16-18-20-22-24-26-28-30-32-34-36-50(60)67-44-46(70-51(61)37-35-33-31-29-27-25-23-21-19-17-15-13-11-9-6-2)45-69-72(64,65)68-41-39-55-54(63)71-52(66-7-3)43-56-48(58)38-40-57-49(59)42-47(73-4)53(57)62/h7,46-47,52H,3,5-6,8-45H2,1-2,4H3,(H,55,63)(H,56,58)(H,64,65)/t46-,47?,52?/m1/s1. The van der Waals surface area contributed by atoms with Crippen LogP contribution < -0.4 is 10.6 Å². The molecule has 73 heavy (non-hydrogen) atoms. The molecule has 1 saturated heterocycles. The van der Waals surface area contributed by atoms with Crippen molar-refractivity contribution in [3.8, 4) is 0 Å². The number of carbonyl (C=O) groups excluding carboxylic acids is 6. The number of unbranched alkanes of at least 4 members (excludes halogenated alkanes) is 28. The highest BCUT2D eigenvalue weighted by Crippen LogP contribution is 2.43. The van der Waals surface area contributed by atoms with Crippen LogP contribution in [-0.4, -0.2) is 109 Å². The van der Waals surface area contributed by atoms with E-state index in [9.17, 15) is 38.2 Å². The Bertz CT molecular complexity index is 1540. The van der Waals surface area contributed by atoms with Crippen molar-refractivity contribution in [1.29, 1.82) is 0 Å². The Morgan fingerprint density at radius 1 is 0.671 bits per heavy atom. The maximum atomic E-state index is 12.9. The van der Waals surface area contributed by atoms with Crippen LogP contribution in [0.4, 0.5) is 4.79 Å². The third kappa shape index (κ3) is 38.9. The number of phosphoric ester groups is 1. The van der Waals surface area contributed by atoms with Crippen LogP contribution in [-0.2, 0) is 56.5 Å². The third-order valence-electron chi connectivity index (χ3n) is 12.7. The van der Waals surface area contributed by atoms with Gasteiger partial charge < -0.3 is 34.5 Å². The average Bonchev–Trinajstić information content (AvgIpc) is 3.65. The Labute approximate surface area is 443 Å². The fourth-order valence-electron chi connectivity index (χ4n) is 8.39. The lowest BCUT2D eigenvalue weighted by Crippen LogP contribution is -2.40. The minimum Gasteiger partial charge on any atom is -0.462 e. The first-order valence-electron chi connectivity index (χ1n) is 28.2. The first kappa shape index (κ1) is 67.8. The monoisotopic (exact) mass is 1080 g/mol. The maximum Gasteiger partial charge on any atom is 0.472 e. The number of imide groups is 1. The number of amides is 4. The van der Waals surface area contributed by atoms with Gasteiger partial charge in [-0.05, 0) is 19.1 Å². The number of nitrogens with zero attached hydrogens (tertiary/aromatic N) is 1. The highest BCUT2D eigenvalue weighted by atomic mass is 32.2. The molecule has 0 spiro atoms. The molecule has 19 heteroatoms. The molecule has 0 aromatic carbocycles. The zero-order valence-electron chi connectivity index (χ0n) is 45.4. The molecule has 4 atom stereocenters. The molecule has 4 amide bonds. The summed E-state index contributed by atoms with van der Waals surface area (Å²) in [6, 6.07) is 0. The van der Waals surface area contributed by atoms with Crippen molar-refractivity contribution in [3.63, 3.8) is 0 Å². The summed E-state index contributed by atoms with van der Waals surface area (Å²) in [5.41, 5.74) is 0. The summed E-state index contributed by atoms with van der Waals surface area (Å²) in [7, 11) is -4.74. The maximum absolute atomic E-state index is 12.9. The van der Waals surface area contributed by atoms with Gasteiger partial charge in [0.05, 0.1) is 31.3 Å². The quantitative estimate of drug-likeness (QED) is 0.00980. The smallest absolute Gasteiger partial charge is 0.462 e. The number of esters is 2. The van der Waals surface area contributed by atoms with E-state index in [1.807, 2.05) is 0 Å². The molecule has 0 bridgehead atoms. The van der Waals surface area contributed by atoms with Crippen molar-refractivity contribution in [3.05, 3.63) is 12.8 Å². The predicted octanol–water partition coefficient (Wildman–Crippen LogP) is 12.3. The van der Waals surface area contributed by atoms with Crippen molar-refractivity contribution in [1.82, 2.24) is 15.5 Å². The van der Waals surface area contributed by atoms with Crippen molar-refractivity contribution >= 4 is 55.3 Å². The Kier molecular flexibility index (Phi) is 42.9. The number of likely N-dealkylation sites (tertiary alicyclic amines) is 1. The van der Waals surface area contributed by atoms with Crippen molar-refractivity contribution in [2.24, 2.45) is 0 Å². The molecule has 0 aromatic heterocycles. The van der Waals surface area contributed by atoms with Crippen LogP contribution in [0.15, 0.2) is 12.8 Å². The Morgan fingerprint density at radius 2 is 1.14 bits per heavy atom. The van der Waals surface area contributed by atoms with E-state index in [4.69, 9.17) is 28.0 Å². The molecule has 0 radical (unpaired) electrons. The number of rotatable bonds is 51. The summed E-state index contributed by atoms with van der Waals surface area (Å²) in [6.07, 6.45) is 35.6. The lowest BCUT2D eigenvalue weighted by atomic mass is 10.0. The minimum absolute atomic E-state index is 0.0866. The fraction of sp³-hybridized carbons (Fsp3) is 0.852. The van der Waals surface area contributed by atoms with E-state index in [1.54, 1.807) is 6.26 Å². The molecule has 1 aliphatic rings. The number of carbonyl (C=O) groups is 6. The Morgan fingerprint density at radius 3 is 1.59 bits per heavy atom. The lowest BCUT2D eigenvalue weighted by Gasteiger charge is -2.20. The van der Waals surface area contributed by atoms with E-state index in [2.05, 4.69) is 31.1 Å². The molecular weight excluding hydrogens is 978 g/mol. The number of alkyl carbamates (subject to hydrolysis) is 1. The number of phosphoric acid groups is 1. The summed E-state index contributed by atoms with van der Waals surface area (Å²) in [4.78, 5) is 86.3. The van der Waals surface area contributed by atoms with Crippen LogP contribution in [0.3, 0.4) is 0 Å². The lowest BCUT2D eigenvalue weighted by molar-refractivity contribution is -0.161. The molecule has 1 aliphatic heterocycles. The van der Waals surface area contributed by atoms with Gasteiger partial charge in [-0.2, -0.15) is 11.8 Å². The summed E-state index contributed by atoms with van der Waals surface area (Å²) in [5.74, 6) is -2.19. The van der Waals surface area contributed by atoms with Gasteiger partial charge in [0.25, 0.3) is 6.29 Å². The zero-order valence-corrected chi connectivity index (χ0v) is 47.1. The van der Waals surface area contributed by atoms with Crippen LogP contribution in [0.5, 0.6) is 0 Å². The van der Waals surface area contributed by atoms with E-state index in [0.717, 1.165) is 49.7 Å². The van der Waals surface area contributed by atoms with Crippen LogP contribution >= 0.6 is 19.6 Å². The summed E-state index contributed by atoms with van der Waals surface area (Å²) < 4.78 is 44.3. The highest BCUT2D eigenvalue weighted by Gasteiger charge is 2.38. The van der Waals surface area contributed by atoms with Crippen molar-refractivity contribution < 1.29 is 66.2 Å². The first-order valence-corrected chi connectivity index (χ1v) is 30.9. The molecule has 1 rings (SSSR count). The predicted molar refractivity (Wildman–Crippen MR) is 287 cm³/mol. The van der Waals surface area contributed by atoms with Gasteiger partial charge in [-0.25, -0.2) is 9.36 Å². The SMILES string of the molecule is C=COC(CNC(=O)CCN1C(=O)CC(SC)C1=O)OC(=O)NCCOP(=O)(O)OC[C@@H](COC(=O)CCCCCCCCCCCCCCCCC)OC(=O)CCCCCCCCCCCCCCCCC. The van der Waals surface area contributed by atoms with E-state index in [0.29, 0.717) is 12.8 Å². The minimum atomic E-state index is -4.74. The summed E-state index contributed by atoms with van der Waals surface area (Å²) >= 11 is 1.27. The number of ether oxygens (including phenoxy) is 4. The molecule has 3 N–H and O–H groups in total. The van der Waals surface area contributed by atoms with Crippen LogP contribution in [0.25, 0.3) is 0 Å². The van der Waals surface area contributed by atoms with Gasteiger partial charge in [-0.3, -0.25) is 37.9 Å². The fourth-order valence-corrected chi connectivity index (χ4v) is 9.78. The molecule has 424 valence electrons. The first-order chi connectivity index (χ1) is 35.3. The van der Waals surface area contributed by atoms with Gasteiger partial charge >= 0.3 is 25.9 Å². The zero-order chi connectivity index (χ0) is 53.6.